The van der Waals surface area contributed by atoms with Gasteiger partial charge < -0.3 is 11.5 Å². The first-order valence-electron chi connectivity index (χ1n) is 5.67. The molecule has 0 aliphatic rings. The third kappa shape index (κ3) is 8.44. The molecular weight excluding hydrogens is 176 g/mol. The number of hydrazine groups is 1. The Bertz CT molecular complexity index is 105. The van der Waals surface area contributed by atoms with Gasteiger partial charge in [-0.3, -0.25) is 10.9 Å². The fraction of sp³-hybridized carbons (Fsp3) is 1.00. The molecule has 0 amide bonds. The normalized spacial score (nSPS) is 15.4. The van der Waals surface area contributed by atoms with Crippen molar-refractivity contribution < 1.29 is 0 Å². The minimum Gasteiger partial charge on any atom is -0.326 e. The Kier molecular flexibility index (Phi) is 9.29. The lowest BCUT2D eigenvalue weighted by Gasteiger charge is -2.15. The fourth-order valence-electron chi connectivity index (χ4n) is 1.35. The molecule has 2 atom stereocenters. The van der Waals surface area contributed by atoms with Crippen LogP contribution in [0.1, 0.15) is 39.5 Å². The van der Waals surface area contributed by atoms with E-state index in [0.29, 0.717) is 0 Å². The van der Waals surface area contributed by atoms with Crippen molar-refractivity contribution in [1.82, 2.24) is 10.9 Å². The summed E-state index contributed by atoms with van der Waals surface area (Å²) in [6, 6.07) is 0.491. The summed E-state index contributed by atoms with van der Waals surface area (Å²) in [5.41, 5.74) is 17.9. The smallest absolute Gasteiger partial charge is 0.0252 e. The highest BCUT2D eigenvalue weighted by Gasteiger charge is 2.01. The monoisotopic (exact) mass is 202 g/mol. The maximum atomic E-state index is 5.83. The van der Waals surface area contributed by atoms with Gasteiger partial charge in [-0.2, -0.15) is 0 Å². The number of rotatable bonds is 9. The maximum absolute atomic E-state index is 5.83. The molecule has 0 fully saturated rings. The van der Waals surface area contributed by atoms with Crippen LogP contribution in [0.15, 0.2) is 0 Å². The zero-order valence-corrected chi connectivity index (χ0v) is 9.55. The molecule has 0 radical (unpaired) electrons. The van der Waals surface area contributed by atoms with Crippen molar-refractivity contribution in [3.8, 4) is 0 Å². The zero-order chi connectivity index (χ0) is 10.8. The largest absolute Gasteiger partial charge is 0.326 e. The van der Waals surface area contributed by atoms with Crippen LogP contribution in [0.3, 0.4) is 0 Å². The molecule has 0 aromatic carbocycles. The Morgan fingerprint density at radius 1 is 0.857 bits per heavy atom. The molecule has 0 bridgehead atoms. The molecule has 0 saturated heterocycles. The van der Waals surface area contributed by atoms with E-state index in [1.54, 1.807) is 0 Å². The van der Waals surface area contributed by atoms with E-state index in [0.717, 1.165) is 38.8 Å². The van der Waals surface area contributed by atoms with Gasteiger partial charge >= 0.3 is 0 Å². The fourth-order valence-corrected chi connectivity index (χ4v) is 1.35. The van der Waals surface area contributed by atoms with Crippen molar-refractivity contribution in [2.45, 2.75) is 51.6 Å². The molecular formula is C10H26N4. The highest BCUT2D eigenvalue weighted by atomic mass is 15.4. The van der Waals surface area contributed by atoms with Crippen LogP contribution in [-0.2, 0) is 0 Å². The van der Waals surface area contributed by atoms with E-state index < -0.39 is 0 Å². The Balaban J connectivity index is 3.19. The molecule has 2 unspecified atom stereocenters. The molecule has 0 heterocycles. The number of nitrogens with two attached hydrogens (primary N) is 2. The van der Waals surface area contributed by atoms with E-state index in [4.69, 9.17) is 11.5 Å². The summed E-state index contributed by atoms with van der Waals surface area (Å²) in [6.45, 7) is 5.91. The minimum atomic E-state index is 0.245. The van der Waals surface area contributed by atoms with Crippen LogP contribution < -0.4 is 22.3 Å². The van der Waals surface area contributed by atoms with Gasteiger partial charge in [-0.15, -0.1) is 0 Å². The lowest BCUT2D eigenvalue weighted by molar-refractivity contribution is 0.439. The Labute approximate surface area is 87.8 Å². The molecule has 6 N–H and O–H groups in total. The number of nitrogens with one attached hydrogen (secondary N) is 2. The standard InChI is InChI=1S/C10H26N4/c1-3-5-9(11)7-13-14-8-10(12)6-4-2/h9-10,13-14H,3-8,11-12H2,1-2H3. The van der Waals surface area contributed by atoms with Gasteiger partial charge in [0.15, 0.2) is 0 Å². The molecule has 0 rings (SSSR count). The van der Waals surface area contributed by atoms with E-state index in [-0.39, 0.29) is 12.1 Å². The summed E-state index contributed by atoms with van der Waals surface area (Å²) in [5.74, 6) is 0. The SMILES string of the molecule is CCCC(N)CNNCC(N)CCC. The molecule has 0 saturated carbocycles. The minimum absolute atomic E-state index is 0.245. The topological polar surface area (TPSA) is 76.1 Å². The van der Waals surface area contributed by atoms with Crippen LogP contribution in [0, 0.1) is 0 Å². The molecule has 4 heteroatoms. The van der Waals surface area contributed by atoms with Crippen LogP contribution in [0.2, 0.25) is 0 Å². The molecule has 0 aromatic heterocycles. The van der Waals surface area contributed by atoms with Crippen molar-refractivity contribution in [2.75, 3.05) is 13.1 Å². The molecule has 14 heavy (non-hydrogen) atoms. The van der Waals surface area contributed by atoms with Crippen molar-refractivity contribution in [2.24, 2.45) is 11.5 Å². The summed E-state index contributed by atoms with van der Waals surface area (Å²) >= 11 is 0. The van der Waals surface area contributed by atoms with Crippen LogP contribution in [0.25, 0.3) is 0 Å². The highest BCUT2D eigenvalue weighted by Crippen LogP contribution is 1.91. The zero-order valence-electron chi connectivity index (χ0n) is 9.55. The summed E-state index contributed by atoms with van der Waals surface area (Å²) in [6.07, 6.45) is 4.40. The molecule has 4 nitrogen and oxygen atoms in total. The van der Waals surface area contributed by atoms with E-state index in [1.807, 2.05) is 0 Å². The molecule has 0 aromatic rings. The summed E-state index contributed by atoms with van der Waals surface area (Å²) in [5, 5.41) is 0. The lowest BCUT2D eigenvalue weighted by Crippen LogP contribution is -2.46. The molecule has 86 valence electrons. The average molecular weight is 202 g/mol. The second-order valence-electron chi connectivity index (χ2n) is 3.86. The summed E-state index contributed by atoms with van der Waals surface area (Å²) in [4.78, 5) is 0. The van der Waals surface area contributed by atoms with E-state index in [9.17, 15) is 0 Å². The third-order valence-corrected chi connectivity index (χ3v) is 2.17. The average Bonchev–Trinajstić information content (AvgIpc) is 2.13. The van der Waals surface area contributed by atoms with Gasteiger partial charge in [-0.1, -0.05) is 26.7 Å². The van der Waals surface area contributed by atoms with Crippen LogP contribution >= 0.6 is 0 Å². The second kappa shape index (κ2) is 9.40. The van der Waals surface area contributed by atoms with Crippen LogP contribution in [-0.4, -0.2) is 25.2 Å². The summed E-state index contributed by atoms with van der Waals surface area (Å²) < 4.78 is 0. The van der Waals surface area contributed by atoms with Crippen molar-refractivity contribution >= 4 is 0 Å². The lowest BCUT2D eigenvalue weighted by atomic mass is 10.2. The van der Waals surface area contributed by atoms with Crippen molar-refractivity contribution in [3.63, 3.8) is 0 Å². The molecule has 0 aliphatic heterocycles. The van der Waals surface area contributed by atoms with E-state index in [1.165, 1.54) is 0 Å². The maximum Gasteiger partial charge on any atom is 0.0252 e. The summed E-state index contributed by atoms with van der Waals surface area (Å²) in [7, 11) is 0. The van der Waals surface area contributed by atoms with Gasteiger partial charge in [0.1, 0.15) is 0 Å². The van der Waals surface area contributed by atoms with Crippen molar-refractivity contribution in [3.05, 3.63) is 0 Å². The Hall–Kier alpha value is -0.160. The number of hydrogen-bond donors (Lipinski definition) is 4. The van der Waals surface area contributed by atoms with Crippen molar-refractivity contribution in [1.29, 1.82) is 0 Å². The van der Waals surface area contributed by atoms with Gasteiger partial charge in [-0.25, -0.2) is 0 Å². The van der Waals surface area contributed by atoms with Gasteiger partial charge in [0.05, 0.1) is 0 Å². The van der Waals surface area contributed by atoms with E-state index in [2.05, 4.69) is 24.7 Å². The van der Waals surface area contributed by atoms with E-state index >= 15 is 0 Å². The predicted octanol–water partition coefficient (Wildman–Crippen LogP) is 0.335. The first kappa shape index (κ1) is 13.8. The van der Waals surface area contributed by atoms with Gasteiger partial charge in [0.25, 0.3) is 0 Å². The first-order valence-corrected chi connectivity index (χ1v) is 5.67. The quantitative estimate of drug-likeness (QED) is 0.321. The Morgan fingerprint density at radius 3 is 1.50 bits per heavy atom. The van der Waals surface area contributed by atoms with Crippen LogP contribution in [0.4, 0.5) is 0 Å². The van der Waals surface area contributed by atoms with Gasteiger partial charge in [0.2, 0.25) is 0 Å². The van der Waals surface area contributed by atoms with Crippen LogP contribution in [0.5, 0.6) is 0 Å². The third-order valence-electron chi connectivity index (χ3n) is 2.17. The van der Waals surface area contributed by atoms with Gasteiger partial charge in [0, 0.05) is 25.2 Å². The molecule has 0 aliphatic carbocycles. The highest BCUT2D eigenvalue weighted by molar-refractivity contribution is 4.65. The predicted molar refractivity (Wildman–Crippen MR) is 61.8 cm³/mol. The second-order valence-corrected chi connectivity index (χ2v) is 3.86. The first-order chi connectivity index (χ1) is 6.70. The number of hydrogen-bond acceptors (Lipinski definition) is 4. The van der Waals surface area contributed by atoms with Gasteiger partial charge in [-0.05, 0) is 12.8 Å². The molecule has 0 spiro atoms. The Morgan fingerprint density at radius 2 is 1.21 bits per heavy atom.